The van der Waals surface area contributed by atoms with E-state index in [1.165, 1.54) is 5.56 Å². The lowest BCUT2D eigenvalue weighted by Gasteiger charge is -2.23. The summed E-state index contributed by atoms with van der Waals surface area (Å²) in [5, 5.41) is 4.48. The second kappa shape index (κ2) is 9.20. The Morgan fingerprint density at radius 2 is 2.04 bits per heavy atom. The number of carbonyl (C=O) groups is 1. The number of hydrogen-bond acceptors (Lipinski definition) is 3. The summed E-state index contributed by atoms with van der Waals surface area (Å²) in [7, 11) is 5.56. The van der Waals surface area contributed by atoms with Crippen molar-refractivity contribution in [3.8, 4) is 0 Å². The van der Waals surface area contributed by atoms with Gasteiger partial charge in [-0.15, -0.1) is 24.0 Å². The minimum absolute atomic E-state index is 0. The van der Waals surface area contributed by atoms with Crippen LogP contribution in [0.2, 0.25) is 0 Å². The third-order valence-electron chi connectivity index (χ3n) is 4.82. The molecule has 1 aliphatic rings. The standard InChI is InChI=1S/C19H26N6O.HI/c1-23(2)19(20)21-10-15-9-17(26)24(3)18(15)16-11-22-25(13-16)12-14-7-5-4-6-8-14;/h4-8,11,13,15,18H,9-10,12H2,1-3H3,(H2,20,21);1H/t15-,18+;/m0./s1. The molecule has 1 fully saturated rings. The van der Waals surface area contributed by atoms with E-state index in [1.807, 2.05) is 56.4 Å². The number of carbonyl (C=O) groups excluding carboxylic acids is 1. The minimum atomic E-state index is -0.0225. The van der Waals surface area contributed by atoms with Crippen LogP contribution < -0.4 is 5.73 Å². The Balaban J connectivity index is 0.00000261. The Morgan fingerprint density at radius 1 is 1.33 bits per heavy atom. The van der Waals surface area contributed by atoms with Crippen molar-refractivity contribution < 1.29 is 4.79 Å². The molecule has 3 rings (SSSR count). The van der Waals surface area contributed by atoms with E-state index in [9.17, 15) is 4.79 Å². The molecular weight excluding hydrogens is 455 g/mol. The van der Waals surface area contributed by atoms with Crippen LogP contribution in [0.15, 0.2) is 47.7 Å². The lowest BCUT2D eigenvalue weighted by molar-refractivity contribution is -0.127. The fraction of sp³-hybridized carbons (Fsp3) is 0.421. The van der Waals surface area contributed by atoms with E-state index in [-0.39, 0.29) is 41.8 Å². The largest absolute Gasteiger partial charge is 0.370 e. The highest BCUT2D eigenvalue weighted by molar-refractivity contribution is 14.0. The molecule has 0 radical (unpaired) electrons. The van der Waals surface area contributed by atoms with Gasteiger partial charge in [-0.1, -0.05) is 30.3 Å². The van der Waals surface area contributed by atoms with Crippen LogP contribution in [0.1, 0.15) is 23.6 Å². The molecular formula is C19H27IN6O. The van der Waals surface area contributed by atoms with Gasteiger partial charge in [0.05, 0.1) is 18.8 Å². The number of likely N-dealkylation sites (tertiary alicyclic amines) is 1. The van der Waals surface area contributed by atoms with Gasteiger partial charge in [-0.05, 0) is 5.56 Å². The van der Waals surface area contributed by atoms with Crippen LogP contribution in [-0.2, 0) is 11.3 Å². The van der Waals surface area contributed by atoms with Gasteiger partial charge in [0.25, 0.3) is 0 Å². The van der Waals surface area contributed by atoms with Crippen LogP contribution in [0, 0.1) is 5.92 Å². The van der Waals surface area contributed by atoms with E-state index in [0.717, 1.165) is 5.56 Å². The van der Waals surface area contributed by atoms with Crippen LogP contribution in [0.5, 0.6) is 0 Å². The maximum atomic E-state index is 12.3. The van der Waals surface area contributed by atoms with Crippen molar-refractivity contribution in [1.29, 1.82) is 0 Å². The average Bonchev–Trinajstić information content (AvgIpc) is 3.18. The molecule has 2 N–H and O–H groups in total. The van der Waals surface area contributed by atoms with Gasteiger partial charge in [0.15, 0.2) is 5.96 Å². The summed E-state index contributed by atoms with van der Waals surface area (Å²) in [6.45, 7) is 1.23. The van der Waals surface area contributed by atoms with Crippen molar-refractivity contribution in [2.45, 2.75) is 19.0 Å². The highest BCUT2D eigenvalue weighted by atomic mass is 127. The predicted molar refractivity (Wildman–Crippen MR) is 117 cm³/mol. The van der Waals surface area contributed by atoms with E-state index < -0.39 is 0 Å². The van der Waals surface area contributed by atoms with Gasteiger partial charge in [0.1, 0.15) is 0 Å². The zero-order valence-corrected chi connectivity index (χ0v) is 18.3. The molecule has 0 unspecified atom stereocenters. The maximum absolute atomic E-state index is 12.3. The molecule has 8 heteroatoms. The zero-order chi connectivity index (χ0) is 18.7. The first-order valence-electron chi connectivity index (χ1n) is 8.75. The van der Waals surface area contributed by atoms with E-state index in [4.69, 9.17) is 5.73 Å². The summed E-state index contributed by atoms with van der Waals surface area (Å²) >= 11 is 0. The summed E-state index contributed by atoms with van der Waals surface area (Å²) in [6.07, 6.45) is 4.36. The summed E-state index contributed by atoms with van der Waals surface area (Å²) < 4.78 is 1.91. The smallest absolute Gasteiger partial charge is 0.223 e. The van der Waals surface area contributed by atoms with E-state index in [0.29, 0.717) is 25.5 Å². The van der Waals surface area contributed by atoms with Crippen LogP contribution in [0.4, 0.5) is 0 Å². The highest BCUT2D eigenvalue weighted by Gasteiger charge is 2.39. The number of hydrogen-bond donors (Lipinski definition) is 1. The second-order valence-electron chi connectivity index (χ2n) is 6.96. The summed E-state index contributed by atoms with van der Waals surface area (Å²) in [4.78, 5) is 20.3. The van der Waals surface area contributed by atoms with Crippen LogP contribution in [0.25, 0.3) is 0 Å². The molecule has 1 aromatic carbocycles. The first kappa shape index (κ1) is 21.2. The first-order chi connectivity index (χ1) is 12.5. The number of guanidine groups is 1. The lowest BCUT2D eigenvalue weighted by atomic mass is 9.96. The summed E-state index contributed by atoms with van der Waals surface area (Å²) in [5.41, 5.74) is 8.13. The van der Waals surface area contributed by atoms with Crippen molar-refractivity contribution in [3.63, 3.8) is 0 Å². The number of aromatic nitrogens is 2. The molecule has 7 nitrogen and oxygen atoms in total. The van der Waals surface area contributed by atoms with Crippen molar-refractivity contribution >= 4 is 35.8 Å². The Morgan fingerprint density at radius 3 is 2.70 bits per heavy atom. The second-order valence-corrected chi connectivity index (χ2v) is 6.96. The monoisotopic (exact) mass is 482 g/mol. The average molecular weight is 482 g/mol. The molecule has 1 saturated heterocycles. The third-order valence-corrected chi connectivity index (χ3v) is 4.82. The third kappa shape index (κ3) is 5.00. The van der Waals surface area contributed by atoms with Gasteiger partial charge in [-0.3, -0.25) is 14.5 Å². The SMILES string of the molecule is CN(C)C(N)=NC[C@@H]1CC(=O)N(C)[C@H]1c1cnn(Cc2ccccc2)c1.I. The van der Waals surface area contributed by atoms with Gasteiger partial charge in [0.2, 0.25) is 5.91 Å². The number of rotatable bonds is 5. The molecule has 0 aliphatic carbocycles. The Kier molecular flexibility index (Phi) is 7.23. The fourth-order valence-corrected chi connectivity index (χ4v) is 3.35. The van der Waals surface area contributed by atoms with Crippen LogP contribution >= 0.6 is 24.0 Å². The number of nitrogens with zero attached hydrogens (tertiary/aromatic N) is 5. The van der Waals surface area contributed by atoms with Gasteiger partial charge in [-0.25, -0.2) is 0 Å². The molecule has 0 spiro atoms. The zero-order valence-electron chi connectivity index (χ0n) is 15.9. The minimum Gasteiger partial charge on any atom is -0.370 e. The highest BCUT2D eigenvalue weighted by Crippen LogP contribution is 2.37. The van der Waals surface area contributed by atoms with Gasteiger partial charge < -0.3 is 15.5 Å². The topological polar surface area (TPSA) is 79.8 Å². The number of halogens is 1. The summed E-state index contributed by atoms with van der Waals surface area (Å²) in [5.74, 6) is 0.709. The normalized spacial score (nSPS) is 19.9. The molecule has 2 heterocycles. The maximum Gasteiger partial charge on any atom is 0.223 e. The fourth-order valence-electron chi connectivity index (χ4n) is 3.35. The van der Waals surface area contributed by atoms with Crippen molar-refractivity contribution in [3.05, 3.63) is 53.9 Å². The van der Waals surface area contributed by atoms with E-state index in [2.05, 4.69) is 22.2 Å². The predicted octanol–water partition coefficient (Wildman–Crippen LogP) is 1.95. The molecule has 0 bridgehead atoms. The number of benzene rings is 1. The van der Waals surface area contributed by atoms with Gasteiger partial charge >= 0.3 is 0 Å². The molecule has 146 valence electrons. The van der Waals surface area contributed by atoms with E-state index in [1.54, 1.807) is 9.80 Å². The lowest BCUT2D eigenvalue weighted by Crippen LogP contribution is -2.31. The van der Waals surface area contributed by atoms with Crippen molar-refractivity contribution in [2.75, 3.05) is 27.7 Å². The van der Waals surface area contributed by atoms with Crippen molar-refractivity contribution in [2.24, 2.45) is 16.6 Å². The molecule has 27 heavy (non-hydrogen) atoms. The van der Waals surface area contributed by atoms with E-state index >= 15 is 0 Å². The number of nitrogens with two attached hydrogens (primary N) is 1. The quantitative estimate of drug-likeness (QED) is 0.402. The Labute approximate surface area is 177 Å². The van der Waals surface area contributed by atoms with Gasteiger partial charge in [-0.2, -0.15) is 5.10 Å². The van der Waals surface area contributed by atoms with Crippen LogP contribution in [-0.4, -0.2) is 59.1 Å². The molecule has 1 aromatic heterocycles. The molecule has 1 aliphatic heterocycles. The van der Waals surface area contributed by atoms with Crippen molar-refractivity contribution in [1.82, 2.24) is 19.6 Å². The first-order valence-corrected chi connectivity index (χ1v) is 8.75. The van der Waals surface area contributed by atoms with Crippen LogP contribution in [0.3, 0.4) is 0 Å². The molecule has 2 aromatic rings. The Bertz CT molecular complexity index is 789. The summed E-state index contributed by atoms with van der Waals surface area (Å²) in [6, 6.07) is 10.2. The number of amides is 1. The molecule has 1 amide bonds. The molecule has 0 saturated carbocycles. The van der Waals surface area contributed by atoms with Gasteiger partial charge in [0, 0.05) is 51.8 Å². The Hall–Kier alpha value is -2.10. The molecule has 2 atom stereocenters. The number of aliphatic imine (C=N–C) groups is 1.